The first kappa shape index (κ1) is 18.5. The molecule has 1 aliphatic carbocycles. The first-order valence-electron chi connectivity index (χ1n) is 8.78. The second-order valence-corrected chi connectivity index (χ2v) is 8.11. The van der Waals surface area contributed by atoms with Gasteiger partial charge in [0.05, 0.1) is 0 Å². The van der Waals surface area contributed by atoms with Gasteiger partial charge in [-0.2, -0.15) is 0 Å². The second-order valence-electron chi connectivity index (χ2n) is 6.97. The van der Waals surface area contributed by atoms with Crippen LogP contribution in [0.15, 0.2) is 30.3 Å². The normalized spacial score (nSPS) is 15.9. The number of hydrogen-bond donors (Lipinski definition) is 1. The van der Waals surface area contributed by atoms with Crippen molar-refractivity contribution in [2.45, 2.75) is 26.2 Å². The number of carbonyl (C=O) groups is 2. The SMILES string of the molecule is C[C@@H]1CCc2sc(C(=O)OCC(=O)Nc3ccc(N(C)C)cc3)cc2C1. The van der Waals surface area contributed by atoms with E-state index in [9.17, 15) is 9.59 Å². The summed E-state index contributed by atoms with van der Waals surface area (Å²) in [5.41, 5.74) is 2.98. The van der Waals surface area contributed by atoms with Gasteiger partial charge in [0.2, 0.25) is 0 Å². The molecule has 0 bridgehead atoms. The highest BCUT2D eigenvalue weighted by Gasteiger charge is 2.21. The lowest BCUT2D eigenvalue weighted by atomic mass is 9.90. The molecule has 6 heteroatoms. The number of hydrogen-bond acceptors (Lipinski definition) is 5. The summed E-state index contributed by atoms with van der Waals surface area (Å²) in [4.78, 5) is 28.1. The van der Waals surface area contributed by atoms with Gasteiger partial charge in [0.25, 0.3) is 5.91 Å². The topological polar surface area (TPSA) is 58.6 Å². The van der Waals surface area contributed by atoms with Crippen LogP contribution in [0.4, 0.5) is 11.4 Å². The van der Waals surface area contributed by atoms with Crippen LogP contribution in [-0.2, 0) is 22.4 Å². The highest BCUT2D eigenvalue weighted by atomic mass is 32.1. The highest BCUT2D eigenvalue weighted by molar-refractivity contribution is 7.14. The van der Waals surface area contributed by atoms with Gasteiger partial charge in [-0.3, -0.25) is 4.79 Å². The molecular weight excluding hydrogens is 348 g/mol. The molecule has 0 aliphatic heterocycles. The third-order valence-corrected chi connectivity index (χ3v) is 5.75. The molecule has 26 heavy (non-hydrogen) atoms. The van der Waals surface area contributed by atoms with E-state index in [4.69, 9.17) is 4.74 Å². The van der Waals surface area contributed by atoms with Gasteiger partial charge in [-0.05, 0) is 61.1 Å². The van der Waals surface area contributed by atoms with Gasteiger partial charge < -0.3 is 15.0 Å². The number of rotatable bonds is 5. The van der Waals surface area contributed by atoms with Gasteiger partial charge in [-0.15, -0.1) is 11.3 Å². The lowest BCUT2D eigenvalue weighted by Crippen LogP contribution is -2.20. The fourth-order valence-corrected chi connectivity index (χ4v) is 4.15. The molecule has 138 valence electrons. The van der Waals surface area contributed by atoms with Crippen LogP contribution in [0, 0.1) is 5.92 Å². The zero-order valence-electron chi connectivity index (χ0n) is 15.4. The fraction of sp³-hybridized carbons (Fsp3) is 0.400. The molecule has 5 nitrogen and oxygen atoms in total. The number of benzene rings is 1. The van der Waals surface area contributed by atoms with E-state index in [0.29, 0.717) is 16.5 Å². The minimum atomic E-state index is -0.421. The predicted octanol–water partition coefficient (Wildman–Crippen LogP) is 3.73. The van der Waals surface area contributed by atoms with Crippen molar-refractivity contribution >= 4 is 34.6 Å². The van der Waals surface area contributed by atoms with Crippen molar-refractivity contribution in [2.75, 3.05) is 30.9 Å². The van der Waals surface area contributed by atoms with E-state index in [1.807, 2.05) is 49.3 Å². The molecule has 1 atom stereocenters. The summed E-state index contributed by atoms with van der Waals surface area (Å²) >= 11 is 1.49. The van der Waals surface area contributed by atoms with Gasteiger partial charge in [0, 0.05) is 30.3 Å². The summed E-state index contributed by atoms with van der Waals surface area (Å²) in [7, 11) is 3.91. The number of amides is 1. The summed E-state index contributed by atoms with van der Waals surface area (Å²) in [6.07, 6.45) is 3.21. The van der Waals surface area contributed by atoms with E-state index in [1.165, 1.54) is 21.8 Å². The summed E-state index contributed by atoms with van der Waals surface area (Å²) in [6, 6.07) is 9.40. The van der Waals surface area contributed by atoms with Crippen LogP contribution < -0.4 is 10.2 Å². The first-order valence-corrected chi connectivity index (χ1v) is 9.60. The van der Waals surface area contributed by atoms with Gasteiger partial charge in [-0.25, -0.2) is 4.79 Å². The van der Waals surface area contributed by atoms with Gasteiger partial charge in [0.1, 0.15) is 4.88 Å². The number of esters is 1. The summed E-state index contributed by atoms with van der Waals surface area (Å²) in [5.74, 6) is -0.105. The maximum Gasteiger partial charge on any atom is 0.348 e. The Bertz CT molecular complexity index is 796. The van der Waals surface area contributed by atoms with Crippen molar-refractivity contribution in [3.8, 4) is 0 Å². The molecule has 1 aromatic heterocycles. The molecular formula is C20H24N2O3S. The van der Waals surface area contributed by atoms with Crippen LogP contribution >= 0.6 is 11.3 Å². The van der Waals surface area contributed by atoms with Crippen molar-refractivity contribution in [3.05, 3.63) is 45.6 Å². The van der Waals surface area contributed by atoms with Crippen molar-refractivity contribution in [2.24, 2.45) is 5.92 Å². The number of thiophene rings is 1. The smallest absolute Gasteiger partial charge is 0.348 e. The number of carbonyl (C=O) groups excluding carboxylic acids is 2. The zero-order chi connectivity index (χ0) is 18.7. The molecule has 0 spiro atoms. The fourth-order valence-electron chi connectivity index (χ4n) is 3.05. The van der Waals surface area contributed by atoms with Crippen molar-refractivity contribution in [3.63, 3.8) is 0 Å². The maximum atomic E-state index is 12.2. The molecule has 1 amide bonds. The molecule has 0 fully saturated rings. The number of fused-ring (bicyclic) bond motifs is 1. The number of nitrogens with one attached hydrogen (secondary N) is 1. The maximum absolute atomic E-state index is 12.2. The Balaban J connectivity index is 1.52. The minimum Gasteiger partial charge on any atom is -0.451 e. The number of aryl methyl sites for hydroxylation is 1. The summed E-state index contributed by atoms with van der Waals surface area (Å²) < 4.78 is 5.18. The molecule has 3 rings (SSSR count). The molecule has 2 aromatic rings. The third-order valence-electron chi connectivity index (χ3n) is 4.53. The van der Waals surface area contributed by atoms with E-state index in [1.54, 1.807) is 0 Å². The number of anilines is 2. The molecule has 0 unspecified atom stereocenters. The molecule has 1 aromatic carbocycles. The molecule has 0 radical (unpaired) electrons. The van der Waals surface area contributed by atoms with E-state index in [2.05, 4.69) is 12.2 Å². The summed E-state index contributed by atoms with van der Waals surface area (Å²) in [6.45, 7) is 1.95. The Labute approximate surface area is 158 Å². The molecule has 0 saturated carbocycles. The number of ether oxygens (including phenoxy) is 1. The van der Waals surface area contributed by atoms with Gasteiger partial charge >= 0.3 is 5.97 Å². The minimum absolute atomic E-state index is 0.284. The lowest BCUT2D eigenvalue weighted by molar-refractivity contribution is -0.119. The van der Waals surface area contributed by atoms with Crippen LogP contribution in [0.3, 0.4) is 0 Å². The van der Waals surface area contributed by atoms with Crippen molar-refractivity contribution in [1.29, 1.82) is 0 Å². The average molecular weight is 372 g/mol. The standard InChI is InChI=1S/C20H24N2O3S/c1-13-4-9-17-14(10-13)11-18(26-17)20(24)25-12-19(23)21-15-5-7-16(8-6-15)22(2)3/h5-8,11,13H,4,9-10,12H2,1-3H3,(H,21,23)/t13-/m1/s1. The van der Waals surface area contributed by atoms with Crippen LogP contribution in [0.1, 0.15) is 33.5 Å². The third kappa shape index (κ3) is 4.43. The first-order chi connectivity index (χ1) is 12.4. The molecule has 1 N–H and O–H groups in total. The van der Waals surface area contributed by atoms with Crippen LogP contribution in [0.25, 0.3) is 0 Å². The Morgan fingerprint density at radius 3 is 2.69 bits per heavy atom. The Morgan fingerprint density at radius 1 is 1.27 bits per heavy atom. The highest BCUT2D eigenvalue weighted by Crippen LogP contribution is 2.32. The monoisotopic (exact) mass is 372 g/mol. The van der Waals surface area contributed by atoms with E-state index < -0.39 is 5.97 Å². The van der Waals surface area contributed by atoms with Crippen LogP contribution in [0.5, 0.6) is 0 Å². The van der Waals surface area contributed by atoms with E-state index >= 15 is 0 Å². The predicted molar refractivity (Wildman–Crippen MR) is 105 cm³/mol. The Morgan fingerprint density at radius 2 is 2.00 bits per heavy atom. The largest absolute Gasteiger partial charge is 0.451 e. The van der Waals surface area contributed by atoms with Gasteiger partial charge in [-0.1, -0.05) is 6.92 Å². The average Bonchev–Trinajstić information content (AvgIpc) is 3.03. The van der Waals surface area contributed by atoms with Crippen molar-refractivity contribution < 1.29 is 14.3 Å². The Hall–Kier alpha value is -2.34. The van der Waals surface area contributed by atoms with Crippen molar-refractivity contribution in [1.82, 2.24) is 0 Å². The molecule has 1 heterocycles. The molecule has 0 saturated heterocycles. The van der Waals surface area contributed by atoms with E-state index in [-0.39, 0.29) is 12.5 Å². The quantitative estimate of drug-likeness (QED) is 0.813. The molecule has 1 aliphatic rings. The van der Waals surface area contributed by atoms with Crippen LogP contribution in [-0.4, -0.2) is 32.6 Å². The van der Waals surface area contributed by atoms with Crippen LogP contribution in [0.2, 0.25) is 0 Å². The summed E-state index contributed by atoms with van der Waals surface area (Å²) in [5, 5.41) is 2.74. The number of nitrogens with zero attached hydrogens (tertiary/aromatic N) is 1. The van der Waals surface area contributed by atoms with Gasteiger partial charge in [0.15, 0.2) is 6.61 Å². The zero-order valence-corrected chi connectivity index (χ0v) is 16.2. The van der Waals surface area contributed by atoms with E-state index in [0.717, 1.165) is 24.9 Å². The lowest BCUT2D eigenvalue weighted by Gasteiger charge is -2.16. The Kier molecular flexibility index (Phi) is 5.61. The second kappa shape index (κ2) is 7.91.